The van der Waals surface area contributed by atoms with E-state index >= 15 is 0 Å². The number of nitrogens with one attached hydrogen (secondary N) is 1. The van der Waals surface area contributed by atoms with Crippen LogP contribution in [0, 0.1) is 0 Å². The summed E-state index contributed by atoms with van der Waals surface area (Å²) < 4.78 is 5.77. The first-order chi connectivity index (χ1) is 12.5. The van der Waals surface area contributed by atoms with Crippen LogP contribution in [0.1, 0.15) is 19.7 Å². The number of hydrogen-bond acceptors (Lipinski definition) is 5. The lowest BCUT2D eigenvalue weighted by molar-refractivity contribution is -0.0710. The SMILES string of the molecule is C[C@H]1CN(Cc2nc3scc(-c4ccc(Cl)cc4)c3c(=O)[nH]2)C[C@H](C)O1. The van der Waals surface area contributed by atoms with Gasteiger partial charge >= 0.3 is 0 Å². The highest BCUT2D eigenvalue weighted by Crippen LogP contribution is 2.31. The largest absolute Gasteiger partial charge is 0.373 e. The van der Waals surface area contributed by atoms with Gasteiger partial charge in [-0.25, -0.2) is 4.98 Å². The molecule has 3 aromatic rings. The van der Waals surface area contributed by atoms with Gasteiger partial charge in [0.15, 0.2) is 0 Å². The molecule has 4 rings (SSSR count). The van der Waals surface area contributed by atoms with E-state index in [-0.39, 0.29) is 17.8 Å². The highest BCUT2D eigenvalue weighted by molar-refractivity contribution is 7.17. The summed E-state index contributed by atoms with van der Waals surface area (Å²) in [4.78, 5) is 23.4. The average molecular weight is 390 g/mol. The zero-order chi connectivity index (χ0) is 18.3. The summed E-state index contributed by atoms with van der Waals surface area (Å²) in [5.41, 5.74) is 1.78. The highest BCUT2D eigenvalue weighted by Gasteiger charge is 2.23. The Balaban J connectivity index is 1.66. The van der Waals surface area contributed by atoms with Crippen molar-refractivity contribution in [1.29, 1.82) is 0 Å². The van der Waals surface area contributed by atoms with Crippen LogP contribution in [0.5, 0.6) is 0 Å². The zero-order valence-electron chi connectivity index (χ0n) is 14.7. The first-order valence-electron chi connectivity index (χ1n) is 8.64. The number of halogens is 1. The molecule has 0 amide bonds. The minimum Gasteiger partial charge on any atom is -0.373 e. The lowest BCUT2D eigenvalue weighted by Crippen LogP contribution is -2.45. The summed E-state index contributed by atoms with van der Waals surface area (Å²) in [7, 11) is 0. The van der Waals surface area contributed by atoms with Gasteiger partial charge in [-0.2, -0.15) is 0 Å². The predicted octanol–water partition coefficient (Wildman–Crippen LogP) is 3.91. The fraction of sp³-hybridized carbons (Fsp3) is 0.368. The van der Waals surface area contributed by atoms with Crippen LogP contribution >= 0.6 is 22.9 Å². The Kier molecular flexibility index (Phi) is 4.84. The molecule has 1 aromatic carbocycles. The molecule has 0 unspecified atom stereocenters. The van der Waals surface area contributed by atoms with Crippen molar-refractivity contribution in [2.75, 3.05) is 13.1 Å². The van der Waals surface area contributed by atoms with Crippen molar-refractivity contribution in [2.45, 2.75) is 32.6 Å². The third-order valence-electron chi connectivity index (χ3n) is 4.52. The molecule has 1 N–H and O–H groups in total. The highest BCUT2D eigenvalue weighted by atomic mass is 35.5. The van der Waals surface area contributed by atoms with Crippen LogP contribution in [0.4, 0.5) is 0 Å². The van der Waals surface area contributed by atoms with Gasteiger partial charge in [0, 0.05) is 29.1 Å². The van der Waals surface area contributed by atoms with Crippen molar-refractivity contribution < 1.29 is 4.74 Å². The molecule has 0 saturated carbocycles. The van der Waals surface area contributed by atoms with Crippen LogP contribution < -0.4 is 5.56 Å². The van der Waals surface area contributed by atoms with E-state index in [1.807, 2.05) is 29.6 Å². The van der Waals surface area contributed by atoms with Crippen LogP contribution in [0.3, 0.4) is 0 Å². The average Bonchev–Trinajstić information content (AvgIpc) is 2.99. The molecule has 0 radical (unpaired) electrons. The van der Waals surface area contributed by atoms with Gasteiger partial charge in [0.1, 0.15) is 10.7 Å². The van der Waals surface area contributed by atoms with Crippen molar-refractivity contribution in [1.82, 2.24) is 14.9 Å². The van der Waals surface area contributed by atoms with Crippen LogP contribution in [0.15, 0.2) is 34.4 Å². The van der Waals surface area contributed by atoms with Crippen molar-refractivity contribution in [2.24, 2.45) is 0 Å². The molecule has 0 aliphatic carbocycles. The Morgan fingerprint density at radius 1 is 1.27 bits per heavy atom. The van der Waals surface area contributed by atoms with E-state index in [0.717, 1.165) is 29.0 Å². The summed E-state index contributed by atoms with van der Waals surface area (Å²) in [6.07, 6.45) is 0.375. The summed E-state index contributed by atoms with van der Waals surface area (Å²) in [6.45, 7) is 6.44. The molecule has 0 bridgehead atoms. The maximum Gasteiger partial charge on any atom is 0.260 e. The molecule has 26 heavy (non-hydrogen) atoms. The van der Waals surface area contributed by atoms with Crippen molar-refractivity contribution in [3.8, 4) is 11.1 Å². The second-order valence-electron chi connectivity index (χ2n) is 6.80. The molecule has 1 saturated heterocycles. The first kappa shape index (κ1) is 17.7. The van der Waals surface area contributed by atoms with Crippen molar-refractivity contribution in [3.63, 3.8) is 0 Å². The van der Waals surface area contributed by atoms with Gasteiger partial charge in [-0.3, -0.25) is 9.69 Å². The van der Waals surface area contributed by atoms with E-state index < -0.39 is 0 Å². The lowest BCUT2D eigenvalue weighted by atomic mass is 10.1. The van der Waals surface area contributed by atoms with Gasteiger partial charge in [0.2, 0.25) is 0 Å². The monoisotopic (exact) mass is 389 g/mol. The standard InChI is InChI=1S/C19H20ClN3O2S/c1-11-7-23(8-12(2)25-11)9-16-21-18(24)17-15(10-26-19(17)22-16)13-3-5-14(20)6-4-13/h3-6,10-12H,7-9H2,1-2H3,(H,21,22,24)/t11-,12-/m0/s1. The maximum absolute atomic E-state index is 12.7. The molecule has 0 spiro atoms. The molecule has 1 aliphatic rings. The number of aromatic nitrogens is 2. The van der Waals surface area contributed by atoms with E-state index in [4.69, 9.17) is 21.3 Å². The predicted molar refractivity (Wildman–Crippen MR) is 106 cm³/mol. The van der Waals surface area contributed by atoms with E-state index in [2.05, 4.69) is 23.7 Å². The number of ether oxygens (including phenoxy) is 1. The number of thiophene rings is 1. The molecule has 3 heterocycles. The van der Waals surface area contributed by atoms with Gasteiger partial charge in [-0.15, -0.1) is 11.3 Å². The fourth-order valence-corrected chi connectivity index (χ4v) is 4.63. The Morgan fingerprint density at radius 3 is 2.65 bits per heavy atom. The molecule has 136 valence electrons. The molecule has 1 fully saturated rings. The number of aromatic amines is 1. The molecular formula is C19H20ClN3O2S. The Bertz CT molecular complexity index is 973. The smallest absolute Gasteiger partial charge is 0.260 e. The van der Waals surface area contributed by atoms with Gasteiger partial charge < -0.3 is 9.72 Å². The van der Waals surface area contributed by atoms with E-state index in [1.54, 1.807) is 0 Å². The molecule has 2 aromatic heterocycles. The van der Waals surface area contributed by atoms with E-state index in [9.17, 15) is 4.79 Å². The topological polar surface area (TPSA) is 58.2 Å². The second-order valence-corrected chi connectivity index (χ2v) is 8.09. The molecule has 5 nitrogen and oxygen atoms in total. The van der Waals surface area contributed by atoms with Crippen molar-refractivity contribution in [3.05, 3.63) is 50.8 Å². The van der Waals surface area contributed by atoms with Crippen LogP contribution in [0.2, 0.25) is 5.02 Å². The first-order valence-corrected chi connectivity index (χ1v) is 9.89. The number of fused-ring (bicyclic) bond motifs is 1. The minimum atomic E-state index is -0.0921. The maximum atomic E-state index is 12.7. The number of hydrogen-bond donors (Lipinski definition) is 1. The van der Waals surface area contributed by atoms with Gasteiger partial charge in [0.05, 0.1) is 24.1 Å². The normalized spacial score (nSPS) is 21.3. The summed E-state index contributed by atoms with van der Waals surface area (Å²) >= 11 is 7.46. The third kappa shape index (κ3) is 3.55. The van der Waals surface area contributed by atoms with Gasteiger partial charge in [-0.1, -0.05) is 23.7 Å². The third-order valence-corrected chi connectivity index (χ3v) is 5.64. The van der Waals surface area contributed by atoms with Crippen LogP contribution in [0.25, 0.3) is 21.3 Å². The molecule has 2 atom stereocenters. The summed E-state index contributed by atoms with van der Waals surface area (Å²) in [5.74, 6) is 0.702. The van der Waals surface area contributed by atoms with E-state index in [1.165, 1.54) is 11.3 Å². The Labute approximate surface area is 160 Å². The fourth-order valence-electron chi connectivity index (χ4n) is 3.54. The van der Waals surface area contributed by atoms with Crippen LogP contribution in [-0.2, 0) is 11.3 Å². The van der Waals surface area contributed by atoms with E-state index in [0.29, 0.717) is 22.8 Å². The quantitative estimate of drug-likeness (QED) is 0.737. The minimum absolute atomic E-state index is 0.0921. The number of nitrogens with zero attached hydrogens (tertiary/aromatic N) is 2. The zero-order valence-corrected chi connectivity index (χ0v) is 16.2. The number of benzene rings is 1. The number of morpholine rings is 1. The summed E-state index contributed by atoms with van der Waals surface area (Å²) in [6, 6.07) is 7.51. The molecule has 1 aliphatic heterocycles. The molecule has 7 heteroatoms. The second kappa shape index (κ2) is 7.12. The number of rotatable bonds is 3. The Hall–Kier alpha value is -1.73. The van der Waals surface area contributed by atoms with Gasteiger partial charge in [-0.05, 0) is 31.5 Å². The summed E-state index contributed by atoms with van der Waals surface area (Å²) in [5, 5.41) is 3.31. The van der Waals surface area contributed by atoms with Crippen molar-refractivity contribution >= 4 is 33.2 Å². The molecular weight excluding hydrogens is 370 g/mol. The van der Waals surface area contributed by atoms with Gasteiger partial charge in [0.25, 0.3) is 5.56 Å². The Morgan fingerprint density at radius 2 is 1.96 bits per heavy atom. The lowest BCUT2D eigenvalue weighted by Gasteiger charge is -2.34. The van der Waals surface area contributed by atoms with Crippen LogP contribution in [-0.4, -0.2) is 40.2 Å². The number of H-pyrrole nitrogens is 1.